The van der Waals surface area contributed by atoms with Gasteiger partial charge in [0.15, 0.2) is 11.7 Å². The molecule has 20 heteroatoms. The Morgan fingerprint density at radius 2 is 1.62 bits per heavy atom. The summed E-state index contributed by atoms with van der Waals surface area (Å²) < 4.78 is 15.4. The lowest BCUT2D eigenvalue weighted by molar-refractivity contribution is -0.145. The molecule has 1 saturated heterocycles. The van der Waals surface area contributed by atoms with Crippen molar-refractivity contribution in [2.24, 2.45) is 39.4 Å². The number of methoxy groups -OCH3 is 1. The number of ketones is 1. The second kappa shape index (κ2) is 30.5. The van der Waals surface area contributed by atoms with E-state index in [-0.39, 0.29) is 107 Å². The standard InChI is InChI=1S/C45H73N9O11/c1-29(2)25-36(38(55)27-31(4)41(58)48-6)52-43(60)37-12-9-20-54(37)44(61)35(11-8-18-50-45(46)47)51-39(56)28-63-22-19-49-42(59)30(3)26-33-14-16-34(17-15-33)32(5)53-65-21-10-13-40(57)64-24-23-62-7/h14-17,29-31,35-37H,8-13,18-28H2,1-7H3,(H,48,58)(H,49,59)(H,51,56)(H,52,60)(H4,46,47,50)/b53-32+/t30-,31+,35-,36-,37-/m0/s1. The van der Waals surface area contributed by atoms with E-state index in [1.165, 1.54) is 19.1 Å². The first-order chi connectivity index (χ1) is 31.0. The van der Waals surface area contributed by atoms with Crippen molar-refractivity contribution in [1.82, 2.24) is 26.2 Å². The molecule has 0 radical (unpaired) electrons. The maximum Gasteiger partial charge on any atom is 0.305 e. The number of nitrogens with zero attached hydrogens (tertiary/aromatic N) is 3. The number of rotatable bonds is 31. The minimum absolute atomic E-state index is 0.0371. The highest BCUT2D eigenvalue weighted by Crippen LogP contribution is 2.21. The monoisotopic (exact) mass is 916 g/mol. The van der Waals surface area contributed by atoms with Gasteiger partial charge in [-0.15, -0.1) is 0 Å². The van der Waals surface area contributed by atoms with Gasteiger partial charge in [0, 0.05) is 58.5 Å². The van der Waals surface area contributed by atoms with E-state index < -0.39 is 41.8 Å². The van der Waals surface area contributed by atoms with Gasteiger partial charge in [0.2, 0.25) is 29.5 Å². The van der Waals surface area contributed by atoms with Gasteiger partial charge in [-0.1, -0.05) is 57.1 Å². The van der Waals surface area contributed by atoms with Gasteiger partial charge in [-0.2, -0.15) is 0 Å². The average molecular weight is 916 g/mol. The number of Topliss-reactive ketones (excluding diaryl/α,β-unsaturated/α-hetero) is 1. The average Bonchev–Trinajstić information content (AvgIpc) is 3.77. The van der Waals surface area contributed by atoms with Crippen LogP contribution < -0.4 is 32.7 Å². The second-order valence-electron chi connectivity index (χ2n) is 16.6. The zero-order valence-electron chi connectivity index (χ0n) is 39.3. The third kappa shape index (κ3) is 21.7. The number of aliphatic imine (C=N–C) groups is 1. The number of hydrogen-bond acceptors (Lipinski definition) is 13. The van der Waals surface area contributed by atoms with Crippen LogP contribution in [0, 0.1) is 17.8 Å². The first-order valence-corrected chi connectivity index (χ1v) is 22.4. The summed E-state index contributed by atoms with van der Waals surface area (Å²) in [6.45, 7) is 10.2. The Morgan fingerprint density at radius 1 is 0.892 bits per heavy atom. The van der Waals surface area contributed by atoms with Crippen LogP contribution >= 0.6 is 0 Å². The summed E-state index contributed by atoms with van der Waals surface area (Å²) in [6, 6.07) is 4.90. The van der Waals surface area contributed by atoms with Crippen molar-refractivity contribution in [2.45, 2.75) is 111 Å². The SMILES string of the molecule is CNC(=O)[C@H](C)CC(=O)[C@H](CC(C)C)NC(=O)[C@@H]1CCCN1C(=O)[C@H](CCCN=C(N)N)NC(=O)COCCNC(=O)[C@@H](C)Cc1ccc(/C(C)=N/OCCCC(=O)OCCOC)cc1. The summed E-state index contributed by atoms with van der Waals surface area (Å²) in [5.74, 6) is -3.53. The molecule has 364 valence electrons. The van der Waals surface area contributed by atoms with E-state index in [9.17, 15) is 33.6 Å². The van der Waals surface area contributed by atoms with Crippen LogP contribution in [0.5, 0.6) is 0 Å². The Bertz CT molecular complexity index is 1750. The minimum Gasteiger partial charge on any atom is -0.463 e. The van der Waals surface area contributed by atoms with Gasteiger partial charge in [0.05, 0.1) is 25.0 Å². The Balaban J connectivity index is 1.89. The molecule has 1 aromatic rings. The maximum atomic E-state index is 14.0. The maximum absolute atomic E-state index is 14.0. The van der Waals surface area contributed by atoms with Crippen LogP contribution in [0.1, 0.15) is 97.1 Å². The molecule has 2 rings (SSSR count). The smallest absolute Gasteiger partial charge is 0.305 e. The van der Waals surface area contributed by atoms with Gasteiger partial charge < -0.3 is 56.7 Å². The van der Waals surface area contributed by atoms with Crippen molar-refractivity contribution in [2.75, 3.05) is 66.8 Å². The quantitative estimate of drug-likeness (QED) is 0.0201. The molecule has 0 bridgehead atoms. The summed E-state index contributed by atoms with van der Waals surface area (Å²) >= 11 is 0. The predicted molar refractivity (Wildman–Crippen MR) is 244 cm³/mol. The lowest BCUT2D eigenvalue weighted by atomic mass is 9.93. The summed E-state index contributed by atoms with van der Waals surface area (Å²) in [7, 11) is 3.03. The lowest BCUT2D eigenvalue weighted by Gasteiger charge is -2.30. The van der Waals surface area contributed by atoms with Crippen LogP contribution in [-0.2, 0) is 59.0 Å². The van der Waals surface area contributed by atoms with Gasteiger partial charge in [-0.3, -0.25) is 38.6 Å². The number of guanidine groups is 1. The number of ether oxygens (including phenoxy) is 3. The number of hydrogen-bond donors (Lipinski definition) is 6. The fraction of sp³-hybridized carbons (Fsp3) is 0.667. The van der Waals surface area contributed by atoms with E-state index in [4.69, 9.17) is 30.5 Å². The van der Waals surface area contributed by atoms with Gasteiger partial charge in [0.25, 0.3) is 0 Å². The lowest BCUT2D eigenvalue weighted by Crippen LogP contribution is -2.55. The van der Waals surface area contributed by atoms with Crippen molar-refractivity contribution in [3.8, 4) is 0 Å². The first kappa shape index (κ1) is 55.5. The second-order valence-corrected chi connectivity index (χ2v) is 16.6. The molecule has 0 unspecified atom stereocenters. The topological polar surface area (TPSA) is 285 Å². The number of likely N-dealkylation sites (tertiary alicyclic amines) is 1. The Morgan fingerprint density at radius 3 is 2.28 bits per heavy atom. The van der Waals surface area contributed by atoms with Gasteiger partial charge >= 0.3 is 5.97 Å². The fourth-order valence-corrected chi connectivity index (χ4v) is 6.99. The highest BCUT2D eigenvalue weighted by Gasteiger charge is 2.39. The highest BCUT2D eigenvalue weighted by atomic mass is 16.6. The highest BCUT2D eigenvalue weighted by molar-refractivity contribution is 5.98. The fourth-order valence-electron chi connectivity index (χ4n) is 6.99. The molecule has 1 aliphatic heterocycles. The van der Waals surface area contributed by atoms with Gasteiger partial charge in [0.1, 0.15) is 31.9 Å². The van der Waals surface area contributed by atoms with Crippen molar-refractivity contribution >= 4 is 53.0 Å². The summed E-state index contributed by atoms with van der Waals surface area (Å²) in [6.07, 6.45) is 2.92. The zero-order chi connectivity index (χ0) is 48.3. The predicted octanol–water partition coefficient (Wildman–Crippen LogP) is 1.11. The number of nitrogens with two attached hydrogens (primary N) is 2. The molecule has 5 atom stereocenters. The Hall–Kier alpha value is -5.63. The van der Waals surface area contributed by atoms with Crippen LogP contribution in [0.3, 0.4) is 0 Å². The normalized spacial score (nSPS) is 15.5. The molecule has 1 heterocycles. The largest absolute Gasteiger partial charge is 0.463 e. The molecule has 20 nitrogen and oxygen atoms in total. The van der Waals surface area contributed by atoms with E-state index in [1.807, 2.05) is 52.0 Å². The number of amides is 5. The van der Waals surface area contributed by atoms with Crippen LogP contribution in [0.25, 0.3) is 0 Å². The van der Waals surface area contributed by atoms with Crippen molar-refractivity contribution in [3.63, 3.8) is 0 Å². The van der Waals surface area contributed by atoms with E-state index >= 15 is 0 Å². The van der Waals surface area contributed by atoms with Crippen LogP contribution in [0.4, 0.5) is 0 Å². The molecule has 1 fully saturated rings. The molecule has 1 aliphatic rings. The molecule has 65 heavy (non-hydrogen) atoms. The first-order valence-electron chi connectivity index (χ1n) is 22.4. The molecule has 0 saturated carbocycles. The molecular formula is C45H73N9O11. The third-order valence-corrected chi connectivity index (χ3v) is 10.5. The summed E-state index contributed by atoms with van der Waals surface area (Å²) in [5, 5.41) is 15.1. The van der Waals surface area contributed by atoms with Crippen LogP contribution in [-0.4, -0.2) is 143 Å². The number of carbonyl (C=O) groups excluding carboxylic acids is 7. The number of nitrogens with one attached hydrogen (secondary N) is 4. The third-order valence-electron chi connectivity index (χ3n) is 10.5. The summed E-state index contributed by atoms with van der Waals surface area (Å²) in [4.78, 5) is 101. The Kier molecular flexibility index (Phi) is 26.0. The van der Waals surface area contributed by atoms with E-state index in [1.54, 1.807) is 6.92 Å². The number of esters is 1. The summed E-state index contributed by atoms with van der Waals surface area (Å²) in [5.41, 5.74) is 13.4. The Labute approximate surface area is 383 Å². The number of carbonyl (C=O) groups is 7. The minimum atomic E-state index is -1.02. The molecule has 0 aromatic heterocycles. The molecule has 1 aromatic carbocycles. The van der Waals surface area contributed by atoms with Crippen LogP contribution in [0.2, 0.25) is 0 Å². The van der Waals surface area contributed by atoms with Gasteiger partial charge in [-0.25, -0.2) is 0 Å². The number of benzene rings is 1. The van der Waals surface area contributed by atoms with E-state index in [2.05, 4.69) is 31.4 Å². The van der Waals surface area contributed by atoms with Crippen molar-refractivity contribution in [1.29, 1.82) is 0 Å². The molecule has 0 spiro atoms. The molecule has 8 N–H and O–H groups in total. The van der Waals surface area contributed by atoms with E-state index in [0.29, 0.717) is 50.8 Å². The molecular weight excluding hydrogens is 843 g/mol. The van der Waals surface area contributed by atoms with Crippen molar-refractivity contribution in [3.05, 3.63) is 35.4 Å². The van der Waals surface area contributed by atoms with Crippen molar-refractivity contribution < 1.29 is 52.6 Å². The van der Waals surface area contributed by atoms with Crippen LogP contribution in [0.15, 0.2) is 34.4 Å². The number of oxime groups is 1. The zero-order valence-corrected chi connectivity index (χ0v) is 39.3. The molecule has 5 amide bonds. The van der Waals surface area contributed by atoms with E-state index in [0.717, 1.165) is 11.1 Å². The molecule has 0 aliphatic carbocycles. The van der Waals surface area contributed by atoms with Gasteiger partial charge in [-0.05, 0) is 68.9 Å².